The van der Waals surface area contributed by atoms with E-state index in [1.165, 1.54) is 18.3 Å². The lowest BCUT2D eigenvalue weighted by Gasteiger charge is -2.18. The van der Waals surface area contributed by atoms with E-state index in [-0.39, 0.29) is 5.56 Å². The van der Waals surface area contributed by atoms with Gasteiger partial charge >= 0.3 is 10.2 Å². The van der Waals surface area contributed by atoms with Gasteiger partial charge in [-0.05, 0) is 23.8 Å². The minimum absolute atomic E-state index is 0.0415. The highest BCUT2D eigenvalue weighted by Gasteiger charge is 2.38. The summed E-state index contributed by atoms with van der Waals surface area (Å²) in [5, 5.41) is 14.2. The minimum Gasteiger partial charge on any atom is -0.506 e. The van der Waals surface area contributed by atoms with E-state index in [4.69, 9.17) is 0 Å². The molecule has 0 saturated carbocycles. The van der Waals surface area contributed by atoms with E-state index >= 15 is 4.39 Å². The summed E-state index contributed by atoms with van der Waals surface area (Å²) in [5.41, 5.74) is 0.742. The van der Waals surface area contributed by atoms with Gasteiger partial charge in [-0.1, -0.05) is 6.07 Å². The van der Waals surface area contributed by atoms with Crippen LogP contribution in [0, 0.1) is 5.82 Å². The number of hydrogen-bond donors (Lipinski definition) is 2. The predicted octanol–water partition coefficient (Wildman–Crippen LogP) is 1.02. The molecule has 0 unspecified atom stereocenters. The SMILES string of the molecule is O=C1CN(c2c(O)ccc(-c3cnn(Cc4cccnc4)c3)c2F)S(=O)(=O)N1. The number of anilines is 1. The first-order chi connectivity index (χ1) is 13.3. The number of nitrogens with one attached hydrogen (secondary N) is 1. The molecule has 0 bridgehead atoms. The molecule has 11 heteroatoms. The molecule has 9 nitrogen and oxygen atoms in total. The molecule has 1 aliphatic heterocycles. The van der Waals surface area contributed by atoms with Crippen LogP contribution in [-0.4, -0.2) is 40.7 Å². The number of carbonyl (C=O) groups is 1. The van der Waals surface area contributed by atoms with Crippen molar-refractivity contribution >= 4 is 21.8 Å². The van der Waals surface area contributed by atoms with Gasteiger partial charge in [-0.15, -0.1) is 0 Å². The van der Waals surface area contributed by atoms with Crippen LogP contribution in [-0.2, 0) is 21.5 Å². The fraction of sp³-hybridized carbons (Fsp3) is 0.118. The van der Waals surface area contributed by atoms with Crippen molar-refractivity contribution in [1.82, 2.24) is 19.5 Å². The Labute approximate surface area is 159 Å². The second-order valence-corrected chi connectivity index (χ2v) is 7.71. The van der Waals surface area contributed by atoms with E-state index in [0.29, 0.717) is 16.4 Å². The molecule has 144 valence electrons. The average molecular weight is 403 g/mol. The van der Waals surface area contributed by atoms with Gasteiger partial charge in [0.05, 0.1) is 12.7 Å². The van der Waals surface area contributed by atoms with Gasteiger partial charge in [0.15, 0.2) is 5.82 Å². The number of carbonyl (C=O) groups excluding carboxylic acids is 1. The number of amides is 1. The summed E-state index contributed by atoms with van der Waals surface area (Å²) in [5.74, 6) is -2.38. The van der Waals surface area contributed by atoms with Gasteiger partial charge in [0.25, 0.3) is 5.91 Å². The molecule has 3 heterocycles. The normalized spacial score (nSPS) is 15.6. The molecule has 0 radical (unpaired) electrons. The molecule has 1 aromatic carbocycles. The van der Waals surface area contributed by atoms with Gasteiger partial charge in [-0.2, -0.15) is 13.5 Å². The lowest BCUT2D eigenvalue weighted by molar-refractivity contribution is -0.117. The van der Waals surface area contributed by atoms with Crippen LogP contribution in [0.15, 0.2) is 49.1 Å². The van der Waals surface area contributed by atoms with E-state index in [1.54, 1.807) is 34.1 Å². The number of benzene rings is 1. The first-order valence-corrected chi connectivity index (χ1v) is 9.55. The van der Waals surface area contributed by atoms with Crippen LogP contribution in [0.25, 0.3) is 11.1 Å². The second-order valence-electron chi connectivity index (χ2n) is 6.12. The lowest BCUT2D eigenvalue weighted by Crippen LogP contribution is -2.30. The summed E-state index contributed by atoms with van der Waals surface area (Å²) in [7, 11) is -4.26. The number of phenolic OH excluding ortho intramolecular Hbond substituents is 1. The average Bonchev–Trinajstić information content (AvgIpc) is 3.19. The van der Waals surface area contributed by atoms with Crippen molar-refractivity contribution in [2.45, 2.75) is 6.54 Å². The van der Waals surface area contributed by atoms with Crippen LogP contribution in [0.3, 0.4) is 0 Å². The van der Waals surface area contributed by atoms with Crippen molar-refractivity contribution < 1.29 is 22.7 Å². The Bertz CT molecular complexity index is 1160. The van der Waals surface area contributed by atoms with Gasteiger partial charge in [-0.25, -0.2) is 13.4 Å². The maximum Gasteiger partial charge on any atom is 0.326 e. The summed E-state index contributed by atoms with van der Waals surface area (Å²) < 4.78 is 43.0. The smallest absolute Gasteiger partial charge is 0.326 e. The number of pyridine rings is 1. The number of rotatable bonds is 4. The van der Waals surface area contributed by atoms with Crippen LogP contribution in [0.1, 0.15) is 5.56 Å². The van der Waals surface area contributed by atoms with Gasteiger partial charge in [0.1, 0.15) is 18.0 Å². The molecule has 1 aliphatic rings. The van der Waals surface area contributed by atoms with Crippen molar-refractivity contribution in [3.8, 4) is 16.9 Å². The van der Waals surface area contributed by atoms with Gasteiger partial charge in [0, 0.05) is 29.7 Å². The van der Waals surface area contributed by atoms with E-state index in [9.17, 15) is 18.3 Å². The Morgan fingerprint density at radius 3 is 2.75 bits per heavy atom. The number of aromatic nitrogens is 3. The van der Waals surface area contributed by atoms with Crippen LogP contribution in [0.5, 0.6) is 5.75 Å². The topological polar surface area (TPSA) is 117 Å². The number of aromatic hydroxyl groups is 1. The molecule has 1 amide bonds. The number of nitrogens with zero attached hydrogens (tertiary/aromatic N) is 4. The summed E-state index contributed by atoms with van der Waals surface area (Å²) in [6, 6.07) is 6.15. The monoisotopic (exact) mass is 403 g/mol. The van der Waals surface area contributed by atoms with E-state index in [0.717, 1.165) is 5.56 Å². The fourth-order valence-corrected chi connectivity index (χ4v) is 4.09. The third-order valence-electron chi connectivity index (χ3n) is 4.18. The molecule has 2 aromatic heterocycles. The fourth-order valence-electron chi connectivity index (χ4n) is 2.93. The van der Waals surface area contributed by atoms with Crippen molar-refractivity contribution in [2.75, 3.05) is 10.8 Å². The van der Waals surface area contributed by atoms with Crippen LogP contribution in [0.4, 0.5) is 10.1 Å². The van der Waals surface area contributed by atoms with Gasteiger partial charge < -0.3 is 5.11 Å². The Morgan fingerprint density at radius 2 is 2.07 bits per heavy atom. The molecule has 0 aliphatic carbocycles. The first-order valence-electron chi connectivity index (χ1n) is 8.11. The van der Waals surface area contributed by atoms with E-state index in [1.807, 2.05) is 6.07 Å². The lowest BCUT2D eigenvalue weighted by atomic mass is 10.1. The van der Waals surface area contributed by atoms with Crippen LogP contribution >= 0.6 is 0 Å². The van der Waals surface area contributed by atoms with Gasteiger partial charge in [0.2, 0.25) is 0 Å². The molecule has 28 heavy (non-hydrogen) atoms. The molecule has 0 atom stereocenters. The molecular weight excluding hydrogens is 389 g/mol. The minimum atomic E-state index is -4.26. The summed E-state index contributed by atoms with van der Waals surface area (Å²) in [6.45, 7) is -0.199. The molecule has 2 N–H and O–H groups in total. The van der Waals surface area contributed by atoms with Crippen molar-refractivity contribution in [1.29, 1.82) is 0 Å². The molecule has 1 saturated heterocycles. The zero-order valence-electron chi connectivity index (χ0n) is 14.3. The van der Waals surface area contributed by atoms with Crippen molar-refractivity contribution in [3.05, 3.63) is 60.4 Å². The molecule has 0 spiro atoms. The summed E-state index contributed by atoms with van der Waals surface area (Å²) in [6.07, 6.45) is 6.35. The largest absolute Gasteiger partial charge is 0.506 e. The zero-order chi connectivity index (χ0) is 19.9. The highest BCUT2D eigenvalue weighted by molar-refractivity contribution is 7.92. The predicted molar refractivity (Wildman–Crippen MR) is 97.0 cm³/mol. The molecular formula is C17H14FN5O4S. The number of hydrogen-bond acceptors (Lipinski definition) is 6. The van der Waals surface area contributed by atoms with Crippen LogP contribution < -0.4 is 9.03 Å². The highest BCUT2D eigenvalue weighted by Crippen LogP contribution is 2.38. The quantitative estimate of drug-likeness (QED) is 0.672. The second kappa shape index (κ2) is 6.60. The Hall–Kier alpha value is -3.47. The third-order valence-corrected chi connectivity index (χ3v) is 5.55. The molecule has 3 aromatic rings. The Balaban J connectivity index is 1.71. The van der Waals surface area contributed by atoms with Crippen molar-refractivity contribution in [3.63, 3.8) is 0 Å². The van der Waals surface area contributed by atoms with Crippen molar-refractivity contribution in [2.24, 2.45) is 0 Å². The zero-order valence-corrected chi connectivity index (χ0v) is 15.1. The molecule has 1 fully saturated rings. The highest BCUT2D eigenvalue weighted by atomic mass is 32.2. The van der Waals surface area contributed by atoms with E-state index < -0.39 is 39.9 Å². The number of phenols is 1. The Kier molecular flexibility index (Phi) is 4.23. The summed E-state index contributed by atoms with van der Waals surface area (Å²) in [4.78, 5) is 15.5. The number of halogens is 1. The van der Waals surface area contributed by atoms with Crippen LogP contribution in [0.2, 0.25) is 0 Å². The van der Waals surface area contributed by atoms with E-state index in [2.05, 4.69) is 10.1 Å². The maximum absolute atomic E-state index is 15.1. The standard InChI is InChI=1S/C17H14FN5O4S/c18-16-13(12-7-20-22(9-12)8-11-2-1-5-19-6-11)3-4-14(24)17(16)23-10-15(25)21-28(23,26)27/h1-7,9,24H,8,10H2,(H,21,25). The Morgan fingerprint density at radius 1 is 1.25 bits per heavy atom. The first kappa shape index (κ1) is 17.9. The molecule has 4 rings (SSSR count). The third kappa shape index (κ3) is 3.16. The summed E-state index contributed by atoms with van der Waals surface area (Å²) >= 11 is 0. The van der Waals surface area contributed by atoms with Gasteiger partial charge in [-0.3, -0.25) is 14.5 Å². The maximum atomic E-state index is 15.1.